The van der Waals surface area contributed by atoms with Gasteiger partial charge in [0.25, 0.3) is 0 Å². The first kappa shape index (κ1) is 11.5. The van der Waals surface area contributed by atoms with Crippen molar-refractivity contribution in [3.8, 4) is 17.9 Å². The van der Waals surface area contributed by atoms with E-state index in [4.69, 9.17) is 10.4 Å². The number of aliphatic carboxylic acids is 1. The molecule has 0 aliphatic heterocycles. The minimum Gasteiger partial charge on any atom is -0.480 e. The van der Waals surface area contributed by atoms with Crippen LogP contribution < -0.4 is 0 Å². The van der Waals surface area contributed by atoms with E-state index >= 15 is 0 Å². The molecule has 0 heterocycles. The van der Waals surface area contributed by atoms with E-state index in [-0.39, 0.29) is 0 Å². The van der Waals surface area contributed by atoms with Crippen LogP contribution in [0.2, 0.25) is 0 Å². The number of nitrogens with zero attached hydrogens (tertiary/aromatic N) is 1. The number of rotatable bonds is 4. The molecule has 3 nitrogen and oxygen atoms in total. The molecule has 0 aromatic carbocycles. The van der Waals surface area contributed by atoms with Crippen LogP contribution in [0.5, 0.6) is 0 Å². The second-order valence-electron chi connectivity index (χ2n) is 3.02. The summed E-state index contributed by atoms with van der Waals surface area (Å²) in [7, 11) is 0. The van der Waals surface area contributed by atoms with Gasteiger partial charge in [0.1, 0.15) is 5.41 Å². The molecule has 0 aromatic rings. The summed E-state index contributed by atoms with van der Waals surface area (Å²) in [6.45, 7) is 3.20. The molecule has 0 saturated heterocycles. The first-order chi connectivity index (χ1) is 6.06. The van der Waals surface area contributed by atoms with Gasteiger partial charge in [0.05, 0.1) is 6.07 Å². The number of carboxylic acids is 1. The van der Waals surface area contributed by atoms with Crippen LogP contribution in [0.15, 0.2) is 0 Å². The first-order valence-electron chi connectivity index (χ1n) is 4.11. The van der Waals surface area contributed by atoms with Crippen molar-refractivity contribution in [2.75, 3.05) is 0 Å². The fraction of sp³-hybridized carbons (Fsp3) is 0.600. The quantitative estimate of drug-likeness (QED) is 0.528. The predicted octanol–water partition coefficient (Wildman–Crippen LogP) is 1.79. The lowest BCUT2D eigenvalue weighted by atomic mass is 9.86. The number of carboxylic acid groups (broad SMARTS) is 1. The van der Waals surface area contributed by atoms with Crippen LogP contribution >= 0.6 is 0 Å². The Labute approximate surface area is 78.4 Å². The van der Waals surface area contributed by atoms with Gasteiger partial charge in [-0.05, 0) is 26.7 Å². The Morgan fingerprint density at radius 2 is 2.23 bits per heavy atom. The van der Waals surface area contributed by atoms with E-state index in [1.54, 1.807) is 13.8 Å². The van der Waals surface area contributed by atoms with Crippen molar-refractivity contribution in [1.29, 1.82) is 5.26 Å². The smallest absolute Gasteiger partial charge is 0.321 e. The van der Waals surface area contributed by atoms with Crippen LogP contribution in [-0.4, -0.2) is 11.1 Å². The number of hydrogen-bond donors (Lipinski definition) is 1. The van der Waals surface area contributed by atoms with Gasteiger partial charge in [0, 0.05) is 6.42 Å². The van der Waals surface area contributed by atoms with Crippen molar-refractivity contribution in [2.24, 2.45) is 5.41 Å². The highest BCUT2D eigenvalue weighted by molar-refractivity contribution is 5.78. The summed E-state index contributed by atoms with van der Waals surface area (Å²) in [5.74, 6) is 4.34. The zero-order valence-corrected chi connectivity index (χ0v) is 7.92. The standard InChI is InChI=1S/C10H13NO2/c1-3-6-10(2,9(12)13)7-4-5-8-11/h4-5,7H2,1-2H3,(H,12,13). The predicted molar refractivity (Wildman–Crippen MR) is 48.7 cm³/mol. The molecule has 0 spiro atoms. The highest BCUT2D eigenvalue weighted by Crippen LogP contribution is 2.23. The zero-order chi connectivity index (χ0) is 10.3. The Kier molecular flexibility index (Phi) is 4.62. The van der Waals surface area contributed by atoms with Crippen LogP contribution in [0, 0.1) is 28.6 Å². The third-order valence-corrected chi connectivity index (χ3v) is 1.84. The summed E-state index contributed by atoms with van der Waals surface area (Å²) >= 11 is 0. The summed E-state index contributed by atoms with van der Waals surface area (Å²) in [5.41, 5.74) is -0.994. The van der Waals surface area contributed by atoms with E-state index < -0.39 is 11.4 Å². The molecule has 13 heavy (non-hydrogen) atoms. The monoisotopic (exact) mass is 179 g/mol. The van der Waals surface area contributed by atoms with Gasteiger partial charge in [-0.15, -0.1) is 5.92 Å². The van der Waals surface area contributed by atoms with Crippen LogP contribution in [0.25, 0.3) is 0 Å². The molecule has 1 unspecified atom stereocenters. The molecule has 1 atom stereocenters. The van der Waals surface area contributed by atoms with Gasteiger partial charge < -0.3 is 5.11 Å². The van der Waals surface area contributed by atoms with Crippen LogP contribution in [0.1, 0.15) is 33.1 Å². The fourth-order valence-electron chi connectivity index (χ4n) is 1.02. The third kappa shape index (κ3) is 3.62. The van der Waals surface area contributed by atoms with Crippen molar-refractivity contribution >= 4 is 5.97 Å². The van der Waals surface area contributed by atoms with Crippen molar-refractivity contribution in [3.05, 3.63) is 0 Å². The van der Waals surface area contributed by atoms with Crippen LogP contribution in [0.4, 0.5) is 0 Å². The number of nitriles is 1. The molecule has 0 amide bonds. The minimum atomic E-state index is -0.994. The Hall–Kier alpha value is -1.48. The Balaban J connectivity index is 4.33. The average Bonchev–Trinajstić information content (AvgIpc) is 2.05. The van der Waals surface area contributed by atoms with E-state index in [1.807, 2.05) is 6.07 Å². The molecule has 0 rings (SSSR count). The van der Waals surface area contributed by atoms with Gasteiger partial charge in [-0.1, -0.05) is 5.92 Å². The highest BCUT2D eigenvalue weighted by Gasteiger charge is 2.29. The van der Waals surface area contributed by atoms with Gasteiger partial charge in [-0.3, -0.25) is 4.79 Å². The maximum absolute atomic E-state index is 10.8. The second kappa shape index (κ2) is 5.22. The normalized spacial score (nSPS) is 13.3. The van der Waals surface area contributed by atoms with Crippen molar-refractivity contribution in [1.82, 2.24) is 0 Å². The molecule has 0 bridgehead atoms. The molecule has 3 heteroatoms. The first-order valence-corrected chi connectivity index (χ1v) is 4.11. The topological polar surface area (TPSA) is 61.1 Å². The largest absolute Gasteiger partial charge is 0.480 e. The van der Waals surface area contributed by atoms with Gasteiger partial charge in [-0.25, -0.2) is 0 Å². The van der Waals surface area contributed by atoms with Gasteiger partial charge in [0.2, 0.25) is 0 Å². The Bertz CT molecular complexity index is 280. The summed E-state index contributed by atoms with van der Waals surface area (Å²) in [5, 5.41) is 17.2. The van der Waals surface area contributed by atoms with E-state index in [9.17, 15) is 4.79 Å². The summed E-state index contributed by atoms with van der Waals surface area (Å²) in [4.78, 5) is 10.8. The van der Waals surface area contributed by atoms with Crippen molar-refractivity contribution < 1.29 is 9.90 Å². The lowest BCUT2D eigenvalue weighted by Gasteiger charge is -2.16. The van der Waals surface area contributed by atoms with Crippen LogP contribution in [0.3, 0.4) is 0 Å². The molecule has 0 aliphatic rings. The van der Waals surface area contributed by atoms with E-state index in [1.165, 1.54) is 0 Å². The number of carbonyl (C=O) groups is 1. The Morgan fingerprint density at radius 1 is 1.62 bits per heavy atom. The molecule has 70 valence electrons. The molecule has 0 radical (unpaired) electrons. The Morgan fingerprint density at radius 3 is 2.62 bits per heavy atom. The number of hydrogen-bond acceptors (Lipinski definition) is 2. The molecule has 0 aliphatic carbocycles. The summed E-state index contributed by atoms with van der Waals surface area (Å²) in [6.07, 6.45) is 1.39. The molecule has 0 aromatic heterocycles. The highest BCUT2D eigenvalue weighted by atomic mass is 16.4. The lowest BCUT2D eigenvalue weighted by Crippen LogP contribution is -2.25. The van der Waals surface area contributed by atoms with E-state index in [0.717, 1.165) is 0 Å². The van der Waals surface area contributed by atoms with Crippen LogP contribution in [-0.2, 0) is 4.79 Å². The van der Waals surface area contributed by atoms with Gasteiger partial charge in [-0.2, -0.15) is 5.26 Å². The van der Waals surface area contributed by atoms with Crippen molar-refractivity contribution in [3.63, 3.8) is 0 Å². The van der Waals surface area contributed by atoms with E-state index in [2.05, 4.69) is 11.8 Å². The molecule has 0 saturated carbocycles. The molecular weight excluding hydrogens is 166 g/mol. The maximum Gasteiger partial charge on any atom is 0.321 e. The second-order valence-corrected chi connectivity index (χ2v) is 3.02. The minimum absolute atomic E-state index is 0.383. The molecule has 0 fully saturated rings. The lowest BCUT2D eigenvalue weighted by molar-refractivity contribution is -0.144. The number of unbranched alkanes of at least 4 members (excludes halogenated alkanes) is 1. The zero-order valence-electron chi connectivity index (χ0n) is 7.92. The maximum atomic E-state index is 10.8. The fourth-order valence-corrected chi connectivity index (χ4v) is 1.02. The average molecular weight is 179 g/mol. The molecular formula is C10H13NO2. The summed E-state index contributed by atoms with van der Waals surface area (Å²) in [6, 6.07) is 1.98. The van der Waals surface area contributed by atoms with Gasteiger partial charge >= 0.3 is 5.97 Å². The molecule has 1 N–H and O–H groups in total. The van der Waals surface area contributed by atoms with Gasteiger partial charge in [0.15, 0.2) is 0 Å². The SMILES string of the molecule is CC#CC(C)(CCCC#N)C(=O)O. The summed E-state index contributed by atoms with van der Waals surface area (Å²) < 4.78 is 0. The van der Waals surface area contributed by atoms with Crippen molar-refractivity contribution in [2.45, 2.75) is 33.1 Å². The third-order valence-electron chi connectivity index (χ3n) is 1.84. The van der Waals surface area contributed by atoms with E-state index in [0.29, 0.717) is 19.3 Å².